The highest BCUT2D eigenvalue weighted by atomic mass is 31.1. The maximum atomic E-state index is 10.4. The van der Waals surface area contributed by atoms with Crippen LogP contribution in [0.1, 0.15) is 19.1 Å². The third-order valence-corrected chi connectivity index (χ3v) is 3.51. The SMILES string of the molecule is Nc1ncnc2c1ncn2[C@@H]1CC[C@H](CO[P+](=O)[O-])O1. The number of imidazole rings is 1. The summed E-state index contributed by atoms with van der Waals surface area (Å²) >= 11 is 0. The van der Waals surface area contributed by atoms with Gasteiger partial charge in [-0.1, -0.05) is 0 Å². The van der Waals surface area contributed by atoms with Crippen LogP contribution in [0.5, 0.6) is 0 Å². The van der Waals surface area contributed by atoms with Gasteiger partial charge in [0.05, 0.1) is 12.4 Å². The highest BCUT2D eigenvalue weighted by Gasteiger charge is 2.29. The standard InChI is InChI=1S/C10H12N5O4P/c11-9-8-10(13-4-12-9)15(5-14-8)7-2-1-6(19-7)3-18-20(16)17/h4-7H,1-3H2,(H2,11,12,13)/t6-,7+/m1/s1. The van der Waals surface area contributed by atoms with E-state index in [9.17, 15) is 9.46 Å². The molecule has 20 heavy (non-hydrogen) atoms. The normalized spacial score (nSPS) is 23.4. The number of rotatable bonds is 4. The zero-order chi connectivity index (χ0) is 14.1. The largest absolute Gasteiger partial charge is 0.566 e. The van der Waals surface area contributed by atoms with Crippen LogP contribution in [0.3, 0.4) is 0 Å². The maximum absolute atomic E-state index is 10.4. The number of ether oxygens (including phenoxy) is 1. The molecule has 0 spiro atoms. The van der Waals surface area contributed by atoms with Crippen LogP contribution < -0.4 is 10.6 Å². The predicted molar refractivity (Wildman–Crippen MR) is 66.4 cm³/mol. The van der Waals surface area contributed by atoms with Crippen molar-refractivity contribution < 1.29 is 18.7 Å². The van der Waals surface area contributed by atoms with Crippen LogP contribution in [0.25, 0.3) is 11.2 Å². The summed E-state index contributed by atoms with van der Waals surface area (Å²) in [5.74, 6) is 0.315. The first kappa shape index (κ1) is 13.3. The average molecular weight is 297 g/mol. The van der Waals surface area contributed by atoms with Crippen LogP contribution in [-0.4, -0.2) is 32.2 Å². The molecule has 3 rings (SSSR count). The Morgan fingerprint density at radius 1 is 1.50 bits per heavy atom. The Hall–Kier alpha value is -1.67. The molecule has 1 saturated heterocycles. The van der Waals surface area contributed by atoms with Crippen molar-refractivity contribution in [3.05, 3.63) is 12.7 Å². The Bertz CT molecular complexity index is 648. The maximum Gasteiger partial charge on any atom is 0.488 e. The van der Waals surface area contributed by atoms with Gasteiger partial charge in [-0.25, -0.2) is 15.0 Å². The summed E-state index contributed by atoms with van der Waals surface area (Å²) in [5, 5.41) is 0. The molecular formula is C10H12N5O4P. The van der Waals surface area contributed by atoms with Crippen molar-refractivity contribution in [1.29, 1.82) is 0 Å². The van der Waals surface area contributed by atoms with Crippen LogP contribution in [0.4, 0.5) is 5.82 Å². The molecule has 1 aliphatic heterocycles. The van der Waals surface area contributed by atoms with Crippen LogP contribution in [0.15, 0.2) is 12.7 Å². The first-order chi connectivity index (χ1) is 9.65. The van der Waals surface area contributed by atoms with E-state index < -0.39 is 8.25 Å². The number of fused-ring (bicyclic) bond motifs is 1. The lowest BCUT2D eigenvalue weighted by atomic mass is 10.2. The summed E-state index contributed by atoms with van der Waals surface area (Å²) in [4.78, 5) is 22.6. The summed E-state index contributed by atoms with van der Waals surface area (Å²) in [6.07, 6.45) is 3.87. The van der Waals surface area contributed by atoms with Gasteiger partial charge in [-0.2, -0.15) is 0 Å². The minimum absolute atomic E-state index is 0.0267. The van der Waals surface area contributed by atoms with Gasteiger partial charge in [0.2, 0.25) is 0 Å². The Balaban J connectivity index is 1.76. The Morgan fingerprint density at radius 3 is 3.15 bits per heavy atom. The number of anilines is 1. The van der Waals surface area contributed by atoms with Gasteiger partial charge >= 0.3 is 8.25 Å². The quantitative estimate of drug-likeness (QED) is 0.788. The van der Waals surface area contributed by atoms with E-state index in [1.807, 2.05) is 0 Å². The second-order valence-electron chi connectivity index (χ2n) is 4.39. The van der Waals surface area contributed by atoms with Crippen molar-refractivity contribution in [3.63, 3.8) is 0 Å². The van der Waals surface area contributed by atoms with Gasteiger partial charge in [0.1, 0.15) is 24.7 Å². The van der Waals surface area contributed by atoms with Gasteiger partial charge in [-0.05, 0) is 17.4 Å². The predicted octanol–water partition coefficient (Wildman–Crippen LogP) is 0.120. The molecule has 1 unspecified atom stereocenters. The van der Waals surface area contributed by atoms with Gasteiger partial charge in [0, 0.05) is 0 Å². The molecule has 1 fully saturated rings. The van der Waals surface area contributed by atoms with Crippen LogP contribution in [-0.2, 0) is 13.8 Å². The molecule has 0 amide bonds. The van der Waals surface area contributed by atoms with Gasteiger partial charge < -0.3 is 15.4 Å². The highest BCUT2D eigenvalue weighted by molar-refractivity contribution is 7.30. The molecule has 1 aliphatic rings. The Kier molecular flexibility index (Phi) is 3.58. The van der Waals surface area contributed by atoms with Gasteiger partial charge in [-0.15, -0.1) is 4.52 Å². The van der Waals surface area contributed by atoms with Crippen molar-refractivity contribution in [3.8, 4) is 0 Å². The molecule has 2 aromatic rings. The van der Waals surface area contributed by atoms with E-state index in [0.29, 0.717) is 23.4 Å². The fourth-order valence-electron chi connectivity index (χ4n) is 2.24. The zero-order valence-corrected chi connectivity index (χ0v) is 11.3. The van der Waals surface area contributed by atoms with Crippen molar-refractivity contribution in [2.24, 2.45) is 0 Å². The fourth-order valence-corrected chi connectivity index (χ4v) is 2.53. The molecule has 9 nitrogen and oxygen atoms in total. The summed E-state index contributed by atoms with van der Waals surface area (Å²) in [7, 11) is -2.84. The summed E-state index contributed by atoms with van der Waals surface area (Å²) in [6.45, 7) is 0.0267. The van der Waals surface area contributed by atoms with Crippen LogP contribution in [0, 0.1) is 0 Å². The van der Waals surface area contributed by atoms with E-state index in [1.165, 1.54) is 6.33 Å². The number of hydrogen-bond donors (Lipinski definition) is 1. The van der Waals surface area contributed by atoms with Gasteiger partial charge in [-0.3, -0.25) is 4.57 Å². The van der Waals surface area contributed by atoms with Crippen molar-refractivity contribution in [2.45, 2.75) is 25.2 Å². The smallest absolute Gasteiger partial charge is 0.488 e. The van der Waals surface area contributed by atoms with E-state index >= 15 is 0 Å². The Labute approximate surface area is 114 Å². The van der Waals surface area contributed by atoms with Crippen molar-refractivity contribution in [2.75, 3.05) is 12.3 Å². The first-order valence-corrected chi connectivity index (χ1v) is 7.10. The molecule has 3 atom stereocenters. The number of nitrogens with zero attached hydrogens (tertiary/aromatic N) is 4. The molecule has 10 heteroatoms. The molecule has 0 aromatic carbocycles. The molecule has 2 aromatic heterocycles. The fraction of sp³-hybridized carbons (Fsp3) is 0.500. The second-order valence-corrected chi connectivity index (χ2v) is 5.10. The highest BCUT2D eigenvalue weighted by Crippen LogP contribution is 2.31. The molecule has 2 N–H and O–H groups in total. The van der Waals surface area contributed by atoms with Crippen LogP contribution >= 0.6 is 8.25 Å². The van der Waals surface area contributed by atoms with Gasteiger partial charge in [0.15, 0.2) is 11.5 Å². The Morgan fingerprint density at radius 2 is 2.35 bits per heavy atom. The third-order valence-electron chi connectivity index (χ3n) is 3.15. The number of aromatic nitrogens is 4. The summed E-state index contributed by atoms with van der Waals surface area (Å²) in [5.41, 5.74) is 6.84. The van der Waals surface area contributed by atoms with E-state index in [4.69, 9.17) is 10.5 Å². The number of nitrogen functional groups attached to an aromatic ring is 1. The lowest BCUT2D eigenvalue weighted by Gasteiger charge is -2.13. The lowest BCUT2D eigenvalue weighted by Crippen LogP contribution is -2.16. The minimum atomic E-state index is -2.84. The van der Waals surface area contributed by atoms with Crippen molar-refractivity contribution >= 4 is 25.2 Å². The third kappa shape index (κ3) is 2.48. The topological polar surface area (TPSA) is 128 Å². The minimum Gasteiger partial charge on any atom is -0.566 e. The number of hydrogen-bond acceptors (Lipinski definition) is 8. The molecule has 0 aliphatic carbocycles. The molecule has 106 valence electrons. The molecule has 3 heterocycles. The van der Waals surface area contributed by atoms with Crippen LogP contribution in [0.2, 0.25) is 0 Å². The summed E-state index contributed by atoms with van der Waals surface area (Å²) < 4.78 is 22.4. The molecular weight excluding hydrogens is 285 g/mol. The molecule has 0 radical (unpaired) electrons. The van der Waals surface area contributed by atoms with E-state index in [0.717, 1.165) is 6.42 Å². The van der Waals surface area contributed by atoms with E-state index in [-0.39, 0.29) is 18.9 Å². The lowest BCUT2D eigenvalue weighted by molar-refractivity contribution is -0.188. The number of nitrogens with two attached hydrogens (primary N) is 1. The first-order valence-electron chi connectivity index (χ1n) is 6.01. The van der Waals surface area contributed by atoms with Gasteiger partial charge in [0.25, 0.3) is 0 Å². The zero-order valence-electron chi connectivity index (χ0n) is 10.4. The average Bonchev–Trinajstić information content (AvgIpc) is 3.02. The van der Waals surface area contributed by atoms with E-state index in [1.54, 1.807) is 10.9 Å². The van der Waals surface area contributed by atoms with Crippen molar-refractivity contribution in [1.82, 2.24) is 19.5 Å². The monoisotopic (exact) mass is 297 g/mol. The summed E-state index contributed by atoms with van der Waals surface area (Å²) in [6, 6.07) is 0. The molecule has 0 saturated carbocycles. The van der Waals surface area contributed by atoms with E-state index in [2.05, 4.69) is 19.5 Å². The molecule has 0 bridgehead atoms. The second kappa shape index (κ2) is 5.37.